The highest BCUT2D eigenvalue weighted by atomic mass is 32.2. The third-order valence-corrected chi connectivity index (χ3v) is 3.65. The molecule has 0 fully saturated rings. The second-order valence-electron chi connectivity index (χ2n) is 5.42. The highest BCUT2D eigenvalue weighted by Crippen LogP contribution is 2.21. The van der Waals surface area contributed by atoms with Gasteiger partial charge in [0.2, 0.25) is 0 Å². The van der Waals surface area contributed by atoms with Crippen molar-refractivity contribution in [2.75, 3.05) is 12.8 Å². The van der Waals surface area contributed by atoms with Crippen LogP contribution in [0.2, 0.25) is 0 Å². The maximum atomic E-state index is 11.7. The Balaban J connectivity index is 4.32. The molecule has 0 aromatic heterocycles. The Labute approximate surface area is 113 Å². The van der Waals surface area contributed by atoms with Gasteiger partial charge in [-0.05, 0) is 11.7 Å². The van der Waals surface area contributed by atoms with Crippen molar-refractivity contribution < 1.29 is 14.7 Å². The molecule has 0 aliphatic rings. The monoisotopic (exact) mass is 276 g/mol. The Morgan fingerprint density at radius 2 is 1.89 bits per heavy atom. The molecule has 0 rings (SSSR count). The summed E-state index contributed by atoms with van der Waals surface area (Å²) in [6.45, 7) is 8.31. The predicted molar refractivity (Wildman–Crippen MR) is 75.0 cm³/mol. The molecule has 2 amide bonds. The Morgan fingerprint density at radius 1 is 1.33 bits per heavy atom. The van der Waals surface area contributed by atoms with Crippen LogP contribution in [-0.2, 0) is 4.79 Å². The topological polar surface area (TPSA) is 78.4 Å². The first-order valence-electron chi connectivity index (χ1n) is 5.95. The van der Waals surface area contributed by atoms with E-state index >= 15 is 0 Å². The fraction of sp³-hybridized carbons (Fsp3) is 0.833. The zero-order chi connectivity index (χ0) is 14.3. The molecule has 6 heteroatoms. The molecule has 18 heavy (non-hydrogen) atoms. The summed E-state index contributed by atoms with van der Waals surface area (Å²) in [4.78, 5) is 22.5. The van der Waals surface area contributed by atoms with Gasteiger partial charge in [0.15, 0.2) is 0 Å². The van der Waals surface area contributed by atoms with Crippen LogP contribution in [0.1, 0.15) is 34.1 Å². The summed E-state index contributed by atoms with van der Waals surface area (Å²) in [5.74, 6) is -0.910. The zero-order valence-corrected chi connectivity index (χ0v) is 12.6. The first kappa shape index (κ1) is 17.1. The minimum absolute atomic E-state index is 0.0744. The van der Waals surface area contributed by atoms with Gasteiger partial charge in [-0.2, -0.15) is 11.8 Å². The third kappa shape index (κ3) is 7.42. The average Bonchev–Trinajstić information content (AvgIpc) is 2.23. The smallest absolute Gasteiger partial charge is 0.315 e. The van der Waals surface area contributed by atoms with Gasteiger partial charge < -0.3 is 15.7 Å². The molecule has 0 saturated carbocycles. The SMILES string of the molecule is CSC(C)CNC(=O)NC(CC(=O)O)C(C)(C)C. The number of aliphatic carboxylic acids is 1. The maximum absolute atomic E-state index is 11.7. The standard InChI is InChI=1S/C12H24N2O3S/c1-8(18-5)7-13-11(17)14-9(6-10(15)16)12(2,3)4/h8-9H,6-7H2,1-5H3,(H,15,16)(H2,13,14,17). The number of thioether (sulfide) groups is 1. The molecule has 5 nitrogen and oxygen atoms in total. The van der Waals surface area contributed by atoms with Gasteiger partial charge in [0.05, 0.1) is 6.42 Å². The van der Waals surface area contributed by atoms with Gasteiger partial charge in [-0.15, -0.1) is 0 Å². The van der Waals surface area contributed by atoms with E-state index in [0.717, 1.165) is 0 Å². The lowest BCUT2D eigenvalue weighted by molar-refractivity contribution is -0.138. The number of amides is 2. The van der Waals surface area contributed by atoms with E-state index in [1.54, 1.807) is 11.8 Å². The summed E-state index contributed by atoms with van der Waals surface area (Å²) in [6.07, 6.45) is 1.90. The van der Waals surface area contributed by atoms with Gasteiger partial charge in [-0.3, -0.25) is 4.79 Å². The summed E-state index contributed by atoms with van der Waals surface area (Å²) >= 11 is 1.67. The van der Waals surface area contributed by atoms with E-state index in [2.05, 4.69) is 10.6 Å². The maximum Gasteiger partial charge on any atom is 0.315 e. The summed E-state index contributed by atoms with van der Waals surface area (Å²) in [6, 6.07) is -0.698. The van der Waals surface area contributed by atoms with Crippen molar-refractivity contribution in [3.8, 4) is 0 Å². The molecule has 0 aromatic carbocycles. The van der Waals surface area contributed by atoms with Crippen LogP contribution >= 0.6 is 11.8 Å². The predicted octanol–water partition coefficient (Wildman–Crippen LogP) is 1.93. The Bertz CT molecular complexity index is 290. The number of carbonyl (C=O) groups excluding carboxylic acids is 1. The van der Waals surface area contributed by atoms with E-state index < -0.39 is 5.97 Å². The molecule has 0 aliphatic heterocycles. The summed E-state index contributed by atoms with van der Waals surface area (Å²) in [5.41, 5.74) is -0.291. The van der Waals surface area contributed by atoms with Crippen LogP contribution in [0, 0.1) is 5.41 Å². The minimum Gasteiger partial charge on any atom is -0.481 e. The molecule has 2 atom stereocenters. The first-order valence-corrected chi connectivity index (χ1v) is 7.24. The minimum atomic E-state index is -0.910. The van der Waals surface area contributed by atoms with E-state index in [1.165, 1.54) is 0 Å². The van der Waals surface area contributed by atoms with Crippen molar-refractivity contribution in [1.29, 1.82) is 0 Å². The fourth-order valence-corrected chi connectivity index (χ4v) is 1.53. The molecule has 106 valence electrons. The lowest BCUT2D eigenvalue weighted by atomic mass is 9.85. The van der Waals surface area contributed by atoms with Gasteiger partial charge in [0, 0.05) is 17.8 Å². The molecule has 0 spiro atoms. The van der Waals surface area contributed by atoms with Gasteiger partial charge >= 0.3 is 12.0 Å². The number of nitrogens with one attached hydrogen (secondary N) is 2. The number of hydrogen-bond acceptors (Lipinski definition) is 3. The van der Waals surface area contributed by atoms with Crippen LogP contribution in [0.15, 0.2) is 0 Å². The summed E-state index contributed by atoms with van der Waals surface area (Å²) in [5, 5.41) is 14.7. The van der Waals surface area contributed by atoms with Crippen LogP contribution in [0.25, 0.3) is 0 Å². The number of hydrogen-bond donors (Lipinski definition) is 3. The van der Waals surface area contributed by atoms with Crippen LogP contribution in [-0.4, -0.2) is 41.2 Å². The molecule has 2 unspecified atom stereocenters. The van der Waals surface area contributed by atoms with E-state index in [-0.39, 0.29) is 23.9 Å². The van der Waals surface area contributed by atoms with Crippen molar-refractivity contribution in [3.05, 3.63) is 0 Å². The average molecular weight is 276 g/mol. The van der Waals surface area contributed by atoms with E-state index in [0.29, 0.717) is 11.8 Å². The van der Waals surface area contributed by atoms with Gasteiger partial charge in [0.25, 0.3) is 0 Å². The van der Waals surface area contributed by atoms with Crippen LogP contribution in [0.3, 0.4) is 0 Å². The molecular formula is C12H24N2O3S. The van der Waals surface area contributed by atoms with Crippen molar-refractivity contribution in [1.82, 2.24) is 10.6 Å². The second-order valence-corrected chi connectivity index (χ2v) is 6.69. The lowest BCUT2D eigenvalue weighted by Crippen LogP contribution is -2.49. The highest BCUT2D eigenvalue weighted by molar-refractivity contribution is 7.99. The Morgan fingerprint density at radius 3 is 2.28 bits per heavy atom. The van der Waals surface area contributed by atoms with Gasteiger partial charge in [0.1, 0.15) is 0 Å². The van der Waals surface area contributed by atoms with Crippen molar-refractivity contribution in [3.63, 3.8) is 0 Å². The highest BCUT2D eigenvalue weighted by Gasteiger charge is 2.28. The van der Waals surface area contributed by atoms with Gasteiger partial charge in [-0.1, -0.05) is 27.7 Å². The lowest BCUT2D eigenvalue weighted by Gasteiger charge is -2.30. The zero-order valence-electron chi connectivity index (χ0n) is 11.7. The third-order valence-electron chi connectivity index (χ3n) is 2.68. The summed E-state index contributed by atoms with van der Waals surface area (Å²) < 4.78 is 0. The van der Waals surface area contributed by atoms with Gasteiger partial charge in [-0.25, -0.2) is 4.79 Å². The molecule has 3 N–H and O–H groups in total. The van der Waals surface area contributed by atoms with E-state index in [9.17, 15) is 9.59 Å². The second kappa shape index (κ2) is 7.51. The quantitative estimate of drug-likeness (QED) is 0.692. The molecule has 0 saturated heterocycles. The Kier molecular flexibility index (Phi) is 7.13. The number of rotatable bonds is 6. The number of carboxylic acid groups (broad SMARTS) is 1. The number of carboxylic acids is 1. The molecule has 0 heterocycles. The van der Waals surface area contributed by atoms with Crippen molar-refractivity contribution >= 4 is 23.8 Å². The normalized spacial score (nSPS) is 14.7. The van der Waals surface area contributed by atoms with Crippen LogP contribution in [0.4, 0.5) is 4.79 Å². The number of carbonyl (C=O) groups is 2. The van der Waals surface area contributed by atoms with E-state index in [4.69, 9.17) is 5.11 Å². The number of urea groups is 1. The Hall–Kier alpha value is -0.910. The molecule has 0 bridgehead atoms. The van der Waals surface area contributed by atoms with Crippen LogP contribution in [0.5, 0.6) is 0 Å². The molecular weight excluding hydrogens is 252 g/mol. The van der Waals surface area contributed by atoms with Crippen molar-refractivity contribution in [2.24, 2.45) is 5.41 Å². The molecule has 0 aromatic rings. The van der Waals surface area contributed by atoms with E-state index in [1.807, 2.05) is 34.0 Å². The summed E-state index contributed by atoms with van der Waals surface area (Å²) in [7, 11) is 0. The largest absolute Gasteiger partial charge is 0.481 e. The molecule has 0 aliphatic carbocycles. The van der Waals surface area contributed by atoms with Crippen molar-refractivity contribution in [2.45, 2.75) is 45.4 Å². The first-order chi connectivity index (χ1) is 8.16. The molecule has 0 radical (unpaired) electrons. The van der Waals surface area contributed by atoms with Crippen LogP contribution < -0.4 is 10.6 Å². The fourth-order valence-electron chi connectivity index (χ4n) is 1.28.